The SMILES string of the molecule is COC(=O)CC1c2ccc(F)c(Br)c2CCN1C(=O)CCC(=O)OC(C)(C)C. The van der Waals surface area contributed by atoms with Crippen LogP contribution in [0.15, 0.2) is 16.6 Å². The van der Waals surface area contributed by atoms with Crippen LogP contribution in [0.25, 0.3) is 0 Å². The minimum Gasteiger partial charge on any atom is -0.469 e. The maximum absolute atomic E-state index is 13.9. The summed E-state index contributed by atoms with van der Waals surface area (Å²) in [7, 11) is 1.28. The number of ether oxygens (including phenoxy) is 2. The van der Waals surface area contributed by atoms with Crippen LogP contribution in [0.5, 0.6) is 0 Å². The Bertz CT molecular complexity index is 775. The minimum absolute atomic E-state index is 0.0235. The van der Waals surface area contributed by atoms with Crippen molar-refractivity contribution in [2.45, 2.75) is 58.1 Å². The average Bonchev–Trinajstić information content (AvgIpc) is 2.61. The molecule has 1 atom stereocenters. The predicted molar refractivity (Wildman–Crippen MR) is 104 cm³/mol. The van der Waals surface area contributed by atoms with Crippen LogP contribution in [0.2, 0.25) is 0 Å². The van der Waals surface area contributed by atoms with Crippen LogP contribution >= 0.6 is 15.9 Å². The van der Waals surface area contributed by atoms with Gasteiger partial charge in [-0.25, -0.2) is 4.39 Å². The maximum atomic E-state index is 13.9. The van der Waals surface area contributed by atoms with Gasteiger partial charge in [0, 0.05) is 13.0 Å². The lowest BCUT2D eigenvalue weighted by Gasteiger charge is -2.37. The van der Waals surface area contributed by atoms with Crippen molar-refractivity contribution in [1.29, 1.82) is 0 Å². The Balaban J connectivity index is 2.19. The number of methoxy groups -OCH3 is 1. The van der Waals surface area contributed by atoms with Gasteiger partial charge in [0.1, 0.15) is 11.4 Å². The molecule has 1 aromatic carbocycles. The largest absolute Gasteiger partial charge is 0.469 e. The molecule has 0 N–H and O–H groups in total. The van der Waals surface area contributed by atoms with Crippen LogP contribution in [-0.4, -0.2) is 42.0 Å². The number of amides is 1. The summed E-state index contributed by atoms with van der Waals surface area (Å²) in [4.78, 5) is 38.2. The zero-order valence-corrected chi connectivity index (χ0v) is 18.1. The van der Waals surface area contributed by atoms with E-state index in [1.807, 2.05) is 0 Å². The van der Waals surface area contributed by atoms with Crippen LogP contribution in [0.3, 0.4) is 0 Å². The summed E-state index contributed by atoms with van der Waals surface area (Å²) < 4.78 is 24.2. The lowest BCUT2D eigenvalue weighted by atomic mass is 9.90. The second-order valence-electron chi connectivity index (χ2n) is 7.65. The van der Waals surface area contributed by atoms with Crippen molar-refractivity contribution in [3.05, 3.63) is 33.5 Å². The third-order valence-corrected chi connectivity index (χ3v) is 5.30. The molecule has 0 aliphatic carbocycles. The molecular formula is C20H25BrFNO5. The third-order valence-electron chi connectivity index (χ3n) is 4.44. The number of carbonyl (C=O) groups excluding carboxylic acids is 3. The van der Waals surface area contributed by atoms with Gasteiger partial charge in [-0.3, -0.25) is 14.4 Å². The van der Waals surface area contributed by atoms with E-state index in [4.69, 9.17) is 9.47 Å². The van der Waals surface area contributed by atoms with E-state index in [0.717, 1.165) is 5.56 Å². The Morgan fingerprint density at radius 2 is 1.89 bits per heavy atom. The number of halogens is 2. The number of hydrogen-bond acceptors (Lipinski definition) is 5. The summed E-state index contributed by atoms with van der Waals surface area (Å²) in [5.74, 6) is -1.57. The summed E-state index contributed by atoms with van der Waals surface area (Å²) in [6.45, 7) is 5.61. The number of nitrogens with zero attached hydrogens (tertiary/aromatic N) is 1. The van der Waals surface area contributed by atoms with Crippen molar-refractivity contribution in [2.75, 3.05) is 13.7 Å². The van der Waals surface area contributed by atoms with Gasteiger partial charge in [-0.05, 0) is 60.3 Å². The van der Waals surface area contributed by atoms with Crippen molar-refractivity contribution in [3.63, 3.8) is 0 Å². The number of hydrogen-bond donors (Lipinski definition) is 0. The summed E-state index contributed by atoms with van der Waals surface area (Å²) >= 11 is 3.26. The molecule has 1 aliphatic rings. The first-order chi connectivity index (χ1) is 13.0. The number of rotatable bonds is 5. The molecule has 0 saturated carbocycles. The maximum Gasteiger partial charge on any atom is 0.307 e. The monoisotopic (exact) mass is 457 g/mol. The fraction of sp³-hybridized carbons (Fsp3) is 0.550. The van der Waals surface area contributed by atoms with E-state index in [1.165, 1.54) is 13.2 Å². The zero-order valence-electron chi connectivity index (χ0n) is 16.5. The molecule has 8 heteroatoms. The van der Waals surface area contributed by atoms with Crippen molar-refractivity contribution in [2.24, 2.45) is 0 Å². The van der Waals surface area contributed by atoms with Crippen LogP contribution in [0, 0.1) is 5.82 Å². The molecule has 0 radical (unpaired) electrons. The Hall–Kier alpha value is -1.96. The Labute approximate surface area is 172 Å². The second kappa shape index (κ2) is 9.03. The fourth-order valence-corrected chi connectivity index (χ4v) is 3.79. The van der Waals surface area contributed by atoms with Gasteiger partial charge in [-0.2, -0.15) is 0 Å². The molecule has 0 bridgehead atoms. The van der Waals surface area contributed by atoms with E-state index >= 15 is 0 Å². The quantitative estimate of drug-likeness (QED) is 0.630. The Morgan fingerprint density at radius 3 is 2.50 bits per heavy atom. The molecule has 0 spiro atoms. The summed E-state index contributed by atoms with van der Waals surface area (Å²) in [5.41, 5.74) is 0.828. The first-order valence-corrected chi connectivity index (χ1v) is 9.87. The highest BCUT2D eigenvalue weighted by atomic mass is 79.9. The molecule has 0 fully saturated rings. The predicted octanol–water partition coefficient (Wildman–Crippen LogP) is 3.70. The Morgan fingerprint density at radius 1 is 1.21 bits per heavy atom. The van der Waals surface area contributed by atoms with Gasteiger partial charge in [-0.1, -0.05) is 6.07 Å². The van der Waals surface area contributed by atoms with Crippen molar-refractivity contribution in [3.8, 4) is 0 Å². The van der Waals surface area contributed by atoms with E-state index in [0.29, 0.717) is 23.0 Å². The van der Waals surface area contributed by atoms with E-state index in [9.17, 15) is 18.8 Å². The van der Waals surface area contributed by atoms with Gasteiger partial charge in [0.2, 0.25) is 5.91 Å². The van der Waals surface area contributed by atoms with Gasteiger partial charge in [0.05, 0.1) is 30.5 Å². The molecule has 1 heterocycles. The van der Waals surface area contributed by atoms with Crippen LogP contribution in [0.1, 0.15) is 57.2 Å². The number of fused-ring (bicyclic) bond motifs is 1. The van der Waals surface area contributed by atoms with E-state index in [-0.39, 0.29) is 31.0 Å². The van der Waals surface area contributed by atoms with E-state index in [2.05, 4.69) is 15.9 Å². The highest BCUT2D eigenvalue weighted by Crippen LogP contribution is 2.37. The normalized spacial score (nSPS) is 16.4. The van der Waals surface area contributed by atoms with Crippen molar-refractivity contribution >= 4 is 33.8 Å². The topological polar surface area (TPSA) is 72.9 Å². The average molecular weight is 458 g/mol. The number of esters is 2. The smallest absolute Gasteiger partial charge is 0.307 e. The first kappa shape index (κ1) is 22.3. The van der Waals surface area contributed by atoms with Crippen LogP contribution < -0.4 is 0 Å². The van der Waals surface area contributed by atoms with Gasteiger partial charge in [-0.15, -0.1) is 0 Å². The lowest BCUT2D eigenvalue weighted by molar-refractivity contribution is -0.157. The minimum atomic E-state index is -0.617. The second-order valence-corrected chi connectivity index (χ2v) is 8.44. The van der Waals surface area contributed by atoms with Gasteiger partial charge in [0.15, 0.2) is 0 Å². The molecule has 0 aromatic heterocycles. The Kier molecular flexibility index (Phi) is 7.20. The molecule has 154 valence electrons. The molecule has 28 heavy (non-hydrogen) atoms. The van der Waals surface area contributed by atoms with Gasteiger partial charge >= 0.3 is 11.9 Å². The lowest BCUT2D eigenvalue weighted by Crippen LogP contribution is -2.41. The molecule has 6 nitrogen and oxygen atoms in total. The summed E-state index contributed by atoms with van der Waals surface area (Å²) in [6, 6.07) is 2.33. The van der Waals surface area contributed by atoms with Gasteiger partial charge < -0.3 is 14.4 Å². The molecule has 1 aliphatic heterocycles. The van der Waals surface area contributed by atoms with Gasteiger partial charge in [0.25, 0.3) is 0 Å². The fourth-order valence-electron chi connectivity index (χ4n) is 3.23. The summed E-state index contributed by atoms with van der Waals surface area (Å²) in [5, 5.41) is 0. The van der Waals surface area contributed by atoms with Crippen molar-refractivity contribution in [1.82, 2.24) is 4.90 Å². The number of carbonyl (C=O) groups is 3. The van der Waals surface area contributed by atoms with Crippen LogP contribution in [-0.2, 0) is 30.3 Å². The molecule has 2 rings (SSSR count). The standard InChI is InChI=1S/C20H25BrFNO5/c1-20(2,3)28-17(25)8-7-16(24)23-10-9-13-12(5-6-14(22)19(13)21)15(23)11-18(26)27-4/h5-6,15H,7-11H2,1-4H3. The van der Waals surface area contributed by atoms with E-state index < -0.39 is 23.6 Å². The van der Waals surface area contributed by atoms with E-state index in [1.54, 1.807) is 31.7 Å². The number of benzene rings is 1. The molecule has 0 saturated heterocycles. The molecule has 1 unspecified atom stereocenters. The molecule has 1 aromatic rings. The summed E-state index contributed by atoms with van der Waals surface area (Å²) in [6.07, 6.45) is 0.338. The van der Waals surface area contributed by atoms with Crippen molar-refractivity contribution < 1.29 is 28.2 Å². The third kappa shape index (κ3) is 5.53. The molecule has 1 amide bonds. The highest BCUT2D eigenvalue weighted by Gasteiger charge is 2.34. The van der Waals surface area contributed by atoms with Crippen LogP contribution in [0.4, 0.5) is 4.39 Å². The zero-order chi connectivity index (χ0) is 21.1. The first-order valence-electron chi connectivity index (χ1n) is 9.08. The highest BCUT2D eigenvalue weighted by molar-refractivity contribution is 9.10. The molecular weight excluding hydrogens is 433 g/mol.